The molecule has 0 radical (unpaired) electrons. The summed E-state index contributed by atoms with van der Waals surface area (Å²) in [4.78, 5) is 16.5. The molecule has 0 spiro atoms. The van der Waals surface area contributed by atoms with Gasteiger partial charge in [-0.2, -0.15) is 13.2 Å². The highest BCUT2D eigenvalue weighted by Crippen LogP contribution is 2.44. The Morgan fingerprint density at radius 3 is 2.50 bits per heavy atom. The van der Waals surface area contributed by atoms with E-state index in [0.717, 1.165) is 25.1 Å². The van der Waals surface area contributed by atoms with Crippen LogP contribution in [0.25, 0.3) is 5.65 Å². The van der Waals surface area contributed by atoms with Crippen molar-refractivity contribution in [2.45, 2.75) is 52.1 Å². The van der Waals surface area contributed by atoms with E-state index in [1.807, 2.05) is 20.8 Å². The number of fused-ring (bicyclic) bond motifs is 1. The standard InChI is InChI=1S/C17H20F3N3O/c1-16(2,3)8-13(24)22-15-14(10-4-5-10)23-9-11(17(18,19)20)6-7-12(23)21-15/h6-7,9-10H,4-5,8H2,1-3H3,(H,22,24). The average molecular weight is 339 g/mol. The molecular weight excluding hydrogens is 319 g/mol. The highest BCUT2D eigenvalue weighted by Gasteiger charge is 2.34. The molecule has 1 aliphatic rings. The van der Waals surface area contributed by atoms with Crippen LogP contribution in [0.1, 0.15) is 57.2 Å². The van der Waals surface area contributed by atoms with E-state index in [4.69, 9.17) is 0 Å². The predicted molar refractivity (Wildman–Crippen MR) is 84.9 cm³/mol. The van der Waals surface area contributed by atoms with Gasteiger partial charge in [0.1, 0.15) is 5.65 Å². The van der Waals surface area contributed by atoms with Crippen LogP contribution in [0.3, 0.4) is 0 Å². The molecule has 7 heteroatoms. The molecule has 0 atom stereocenters. The molecule has 130 valence electrons. The summed E-state index contributed by atoms with van der Waals surface area (Å²) in [6.45, 7) is 5.86. The highest BCUT2D eigenvalue weighted by atomic mass is 19.4. The number of aromatic nitrogens is 2. The zero-order chi connectivity index (χ0) is 17.7. The minimum Gasteiger partial charge on any atom is -0.309 e. The van der Waals surface area contributed by atoms with Gasteiger partial charge in [0.15, 0.2) is 5.82 Å². The first-order chi connectivity index (χ1) is 11.0. The van der Waals surface area contributed by atoms with Crippen molar-refractivity contribution in [1.29, 1.82) is 0 Å². The smallest absolute Gasteiger partial charge is 0.309 e. The number of rotatable bonds is 3. The van der Waals surface area contributed by atoms with Crippen molar-refractivity contribution in [3.63, 3.8) is 0 Å². The zero-order valence-corrected chi connectivity index (χ0v) is 13.9. The molecule has 1 saturated carbocycles. The third-order valence-electron chi connectivity index (χ3n) is 3.90. The minimum atomic E-state index is -4.41. The molecule has 1 aliphatic carbocycles. The number of hydrogen-bond donors (Lipinski definition) is 1. The Labute approximate surface area is 138 Å². The summed E-state index contributed by atoms with van der Waals surface area (Å²) < 4.78 is 40.4. The SMILES string of the molecule is CC(C)(C)CC(=O)Nc1nc2ccc(C(F)(F)F)cn2c1C1CC1. The Balaban J connectivity index is 1.99. The lowest BCUT2D eigenvalue weighted by molar-refractivity contribution is -0.137. The topological polar surface area (TPSA) is 46.4 Å². The molecule has 0 bridgehead atoms. The second-order valence-electron chi connectivity index (χ2n) is 7.55. The summed E-state index contributed by atoms with van der Waals surface area (Å²) in [6.07, 6.45) is -1.23. The number of anilines is 1. The van der Waals surface area contributed by atoms with Gasteiger partial charge >= 0.3 is 6.18 Å². The number of pyridine rings is 1. The van der Waals surface area contributed by atoms with Gasteiger partial charge in [0, 0.05) is 18.5 Å². The molecule has 0 saturated heterocycles. The summed E-state index contributed by atoms with van der Waals surface area (Å²) in [5, 5.41) is 2.78. The number of carbonyl (C=O) groups excluding carboxylic acids is 1. The molecule has 0 unspecified atom stereocenters. The number of carbonyl (C=O) groups is 1. The van der Waals surface area contributed by atoms with Gasteiger partial charge in [-0.3, -0.25) is 4.79 Å². The lowest BCUT2D eigenvalue weighted by atomic mass is 9.92. The van der Waals surface area contributed by atoms with Crippen LogP contribution in [-0.4, -0.2) is 15.3 Å². The normalized spacial score (nSPS) is 15.8. The molecule has 2 aromatic rings. The Morgan fingerprint density at radius 1 is 1.29 bits per heavy atom. The van der Waals surface area contributed by atoms with E-state index < -0.39 is 11.7 Å². The van der Waals surface area contributed by atoms with Crippen molar-refractivity contribution in [1.82, 2.24) is 9.38 Å². The second-order valence-corrected chi connectivity index (χ2v) is 7.55. The zero-order valence-electron chi connectivity index (χ0n) is 13.9. The molecule has 4 nitrogen and oxygen atoms in total. The van der Waals surface area contributed by atoms with Crippen molar-refractivity contribution < 1.29 is 18.0 Å². The van der Waals surface area contributed by atoms with Gasteiger partial charge in [-0.15, -0.1) is 0 Å². The molecule has 0 aliphatic heterocycles. The van der Waals surface area contributed by atoms with Gasteiger partial charge < -0.3 is 9.72 Å². The molecule has 3 rings (SSSR count). The van der Waals surface area contributed by atoms with E-state index in [9.17, 15) is 18.0 Å². The van der Waals surface area contributed by atoms with Crippen LogP contribution in [-0.2, 0) is 11.0 Å². The lowest BCUT2D eigenvalue weighted by Crippen LogP contribution is -2.20. The van der Waals surface area contributed by atoms with Gasteiger partial charge in [-0.05, 0) is 30.4 Å². The third kappa shape index (κ3) is 3.55. The van der Waals surface area contributed by atoms with E-state index in [1.165, 1.54) is 10.5 Å². The summed E-state index contributed by atoms with van der Waals surface area (Å²) >= 11 is 0. The molecule has 2 heterocycles. The van der Waals surface area contributed by atoms with Crippen LogP contribution in [0.4, 0.5) is 19.0 Å². The fourth-order valence-corrected chi connectivity index (χ4v) is 2.73. The molecule has 1 fully saturated rings. The van der Waals surface area contributed by atoms with E-state index in [0.29, 0.717) is 23.6 Å². The number of hydrogen-bond acceptors (Lipinski definition) is 2. The van der Waals surface area contributed by atoms with Crippen molar-refractivity contribution in [3.05, 3.63) is 29.6 Å². The van der Waals surface area contributed by atoms with Gasteiger partial charge in [0.05, 0.1) is 11.3 Å². The lowest BCUT2D eigenvalue weighted by Gasteiger charge is -2.17. The Kier molecular flexibility index (Phi) is 3.85. The maximum absolute atomic E-state index is 13.0. The molecule has 1 N–H and O–H groups in total. The third-order valence-corrected chi connectivity index (χ3v) is 3.90. The quantitative estimate of drug-likeness (QED) is 0.888. The fraction of sp³-hybridized carbons (Fsp3) is 0.529. The predicted octanol–water partition coefficient (Wildman–Crippen LogP) is 4.61. The van der Waals surface area contributed by atoms with Gasteiger partial charge in [0.2, 0.25) is 5.91 Å². The first kappa shape index (κ1) is 16.8. The van der Waals surface area contributed by atoms with Crippen LogP contribution in [0.2, 0.25) is 0 Å². The molecule has 1 amide bonds. The Morgan fingerprint density at radius 2 is 1.96 bits per heavy atom. The second kappa shape index (κ2) is 5.50. The average Bonchev–Trinajstić information content (AvgIpc) is 3.16. The first-order valence-corrected chi connectivity index (χ1v) is 7.94. The van der Waals surface area contributed by atoms with Gasteiger partial charge in [0.25, 0.3) is 0 Å². The number of nitrogens with zero attached hydrogens (tertiary/aromatic N) is 2. The van der Waals surface area contributed by atoms with Gasteiger partial charge in [-0.1, -0.05) is 20.8 Å². The van der Waals surface area contributed by atoms with Crippen LogP contribution >= 0.6 is 0 Å². The molecule has 2 aromatic heterocycles. The van der Waals surface area contributed by atoms with Crippen molar-refractivity contribution in [2.75, 3.05) is 5.32 Å². The van der Waals surface area contributed by atoms with E-state index in [-0.39, 0.29) is 17.2 Å². The highest BCUT2D eigenvalue weighted by molar-refractivity contribution is 5.91. The van der Waals surface area contributed by atoms with E-state index in [2.05, 4.69) is 10.3 Å². The monoisotopic (exact) mass is 339 g/mol. The molecule has 0 aromatic carbocycles. The number of imidazole rings is 1. The van der Waals surface area contributed by atoms with Crippen LogP contribution < -0.4 is 5.32 Å². The summed E-state index contributed by atoms with van der Waals surface area (Å²) in [5.41, 5.74) is 0.183. The van der Waals surface area contributed by atoms with E-state index in [1.54, 1.807) is 0 Å². The minimum absolute atomic E-state index is 0.147. The van der Waals surface area contributed by atoms with Crippen LogP contribution in [0.5, 0.6) is 0 Å². The van der Waals surface area contributed by atoms with Crippen LogP contribution in [0, 0.1) is 5.41 Å². The first-order valence-electron chi connectivity index (χ1n) is 7.94. The Hall–Kier alpha value is -2.05. The number of halogens is 3. The van der Waals surface area contributed by atoms with Crippen molar-refractivity contribution >= 4 is 17.4 Å². The van der Waals surface area contributed by atoms with Crippen molar-refractivity contribution in [2.24, 2.45) is 5.41 Å². The summed E-state index contributed by atoms with van der Waals surface area (Å²) in [5.74, 6) is 0.350. The maximum Gasteiger partial charge on any atom is 0.417 e. The number of amides is 1. The fourth-order valence-electron chi connectivity index (χ4n) is 2.73. The summed E-state index contributed by atoms with van der Waals surface area (Å²) in [7, 11) is 0. The van der Waals surface area contributed by atoms with Gasteiger partial charge in [-0.25, -0.2) is 4.98 Å². The molecule has 24 heavy (non-hydrogen) atoms. The largest absolute Gasteiger partial charge is 0.417 e. The maximum atomic E-state index is 13.0. The van der Waals surface area contributed by atoms with Crippen molar-refractivity contribution in [3.8, 4) is 0 Å². The number of alkyl halides is 3. The summed E-state index contributed by atoms with van der Waals surface area (Å²) in [6, 6.07) is 2.36. The number of nitrogens with one attached hydrogen (secondary N) is 1. The molecular formula is C17H20F3N3O. The Bertz CT molecular complexity index is 783. The van der Waals surface area contributed by atoms with Crippen LogP contribution in [0.15, 0.2) is 18.3 Å². The van der Waals surface area contributed by atoms with E-state index >= 15 is 0 Å².